The fraction of sp³-hybridized carbons (Fsp3) is 0.238. The second-order valence-corrected chi connectivity index (χ2v) is 7.54. The van der Waals surface area contributed by atoms with Crippen LogP contribution in [-0.4, -0.2) is 11.1 Å². The summed E-state index contributed by atoms with van der Waals surface area (Å²) >= 11 is 1.51. The van der Waals surface area contributed by atoms with Gasteiger partial charge in [0.05, 0.1) is 16.6 Å². The molecule has 0 bridgehead atoms. The summed E-state index contributed by atoms with van der Waals surface area (Å²) in [7, 11) is 0. The monoisotopic (exact) mass is 364 g/mol. The summed E-state index contributed by atoms with van der Waals surface area (Å²) in [6, 6.07) is 18.3. The summed E-state index contributed by atoms with van der Waals surface area (Å²) in [4.78, 5) is 14.7. The van der Waals surface area contributed by atoms with E-state index in [0.29, 0.717) is 5.76 Å². The molecule has 1 N–H and O–H groups in total. The number of benzene rings is 2. The molecule has 0 aliphatic heterocycles. The van der Waals surface area contributed by atoms with Gasteiger partial charge >= 0.3 is 0 Å². The molecule has 1 unspecified atom stereocenters. The molecule has 0 radical (unpaired) electrons. The Morgan fingerprint density at radius 3 is 2.77 bits per heavy atom. The lowest BCUT2D eigenvalue weighted by Crippen LogP contribution is -2.31. The van der Waals surface area contributed by atoms with Crippen molar-refractivity contribution in [2.45, 2.75) is 42.0 Å². The zero-order valence-electron chi connectivity index (χ0n) is 14.6. The Hall–Kier alpha value is -2.53. The van der Waals surface area contributed by atoms with Crippen molar-refractivity contribution in [2.75, 3.05) is 0 Å². The van der Waals surface area contributed by atoms with Crippen molar-refractivity contribution in [1.29, 1.82) is 0 Å². The zero-order valence-corrected chi connectivity index (χ0v) is 15.4. The SMILES string of the molecule is Cc1noc(C(=O)NC2CCCc3ccccc32)c1Sc1ccccc1. The zero-order chi connectivity index (χ0) is 17.9. The van der Waals surface area contributed by atoms with Gasteiger partial charge in [0.25, 0.3) is 5.91 Å². The summed E-state index contributed by atoms with van der Waals surface area (Å²) in [6.45, 7) is 1.86. The first-order valence-corrected chi connectivity index (χ1v) is 9.62. The first kappa shape index (κ1) is 16.9. The minimum atomic E-state index is -0.203. The van der Waals surface area contributed by atoms with Crippen LogP contribution in [-0.2, 0) is 6.42 Å². The molecule has 2 aromatic carbocycles. The largest absolute Gasteiger partial charge is 0.350 e. The number of fused-ring (bicyclic) bond motifs is 1. The van der Waals surface area contributed by atoms with Gasteiger partial charge in [0, 0.05) is 4.90 Å². The quantitative estimate of drug-likeness (QED) is 0.712. The van der Waals surface area contributed by atoms with Crippen LogP contribution in [0.15, 0.2) is 68.9 Å². The maximum atomic E-state index is 12.9. The third kappa shape index (κ3) is 3.40. The highest BCUT2D eigenvalue weighted by atomic mass is 32.2. The highest BCUT2D eigenvalue weighted by Crippen LogP contribution is 2.34. The lowest BCUT2D eigenvalue weighted by atomic mass is 9.88. The second kappa shape index (κ2) is 7.38. The van der Waals surface area contributed by atoms with Crippen molar-refractivity contribution in [3.8, 4) is 0 Å². The highest BCUT2D eigenvalue weighted by Gasteiger charge is 2.26. The third-order valence-corrected chi connectivity index (χ3v) is 5.85. The number of aryl methyl sites for hydroxylation is 2. The van der Waals surface area contributed by atoms with E-state index in [0.717, 1.165) is 34.7 Å². The first-order valence-electron chi connectivity index (χ1n) is 8.80. The van der Waals surface area contributed by atoms with Crippen LogP contribution in [0.2, 0.25) is 0 Å². The summed E-state index contributed by atoms with van der Waals surface area (Å²) in [5.74, 6) is 0.0881. The Balaban J connectivity index is 1.57. The Kier molecular flexibility index (Phi) is 4.80. The van der Waals surface area contributed by atoms with Crippen molar-refractivity contribution < 1.29 is 9.32 Å². The number of nitrogens with one attached hydrogen (secondary N) is 1. The van der Waals surface area contributed by atoms with Crippen LogP contribution >= 0.6 is 11.8 Å². The molecular weight excluding hydrogens is 344 g/mol. The Morgan fingerprint density at radius 2 is 1.92 bits per heavy atom. The molecule has 1 atom stereocenters. The maximum Gasteiger partial charge on any atom is 0.291 e. The fourth-order valence-electron chi connectivity index (χ4n) is 3.36. The number of hydrogen-bond donors (Lipinski definition) is 1. The summed E-state index contributed by atoms with van der Waals surface area (Å²) in [5.41, 5.74) is 3.25. The van der Waals surface area contributed by atoms with Gasteiger partial charge < -0.3 is 9.84 Å². The van der Waals surface area contributed by atoms with Gasteiger partial charge in [-0.1, -0.05) is 59.4 Å². The molecule has 3 aromatic rings. The molecule has 1 aliphatic rings. The summed E-state index contributed by atoms with van der Waals surface area (Å²) in [5, 5.41) is 7.16. The number of carbonyl (C=O) groups excluding carboxylic acids is 1. The Labute approximate surface area is 157 Å². The number of amides is 1. The maximum absolute atomic E-state index is 12.9. The first-order chi connectivity index (χ1) is 12.7. The molecule has 4 nitrogen and oxygen atoms in total. The van der Waals surface area contributed by atoms with Crippen LogP contribution in [0.25, 0.3) is 0 Å². The number of hydrogen-bond acceptors (Lipinski definition) is 4. The van der Waals surface area contributed by atoms with E-state index >= 15 is 0 Å². The average molecular weight is 364 g/mol. The minimum absolute atomic E-state index is 0.0208. The molecule has 132 valence electrons. The summed E-state index contributed by atoms with van der Waals surface area (Å²) < 4.78 is 5.38. The lowest BCUT2D eigenvalue weighted by Gasteiger charge is -2.26. The van der Waals surface area contributed by atoms with E-state index in [1.54, 1.807) is 0 Å². The molecule has 1 aliphatic carbocycles. The molecule has 0 saturated heterocycles. The van der Waals surface area contributed by atoms with Crippen LogP contribution in [0.3, 0.4) is 0 Å². The van der Waals surface area contributed by atoms with Crippen molar-refractivity contribution >= 4 is 17.7 Å². The lowest BCUT2D eigenvalue weighted by molar-refractivity contribution is 0.0891. The molecular formula is C21H20N2O2S. The van der Waals surface area contributed by atoms with Crippen LogP contribution in [0.5, 0.6) is 0 Å². The van der Waals surface area contributed by atoms with E-state index < -0.39 is 0 Å². The van der Waals surface area contributed by atoms with Crippen molar-refractivity contribution in [3.63, 3.8) is 0 Å². The second-order valence-electron chi connectivity index (χ2n) is 6.46. The Bertz CT molecular complexity index is 921. The molecule has 1 aromatic heterocycles. The summed E-state index contributed by atoms with van der Waals surface area (Å²) in [6.07, 6.45) is 3.08. The van der Waals surface area contributed by atoms with Gasteiger partial charge in [-0.05, 0) is 49.4 Å². The predicted molar refractivity (Wildman–Crippen MR) is 101 cm³/mol. The van der Waals surface area contributed by atoms with E-state index in [1.807, 2.05) is 43.3 Å². The third-order valence-electron chi connectivity index (χ3n) is 4.65. The van der Waals surface area contributed by atoms with Gasteiger partial charge in [-0.15, -0.1) is 0 Å². The van der Waals surface area contributed by atoms with Crippen LogP contribution in [0.1, 0.15) is 46.3 Å². The van der Waals surface area contributed by atoms with Gasteiger partial charge in [-0.3, -0.25) is 4.79 Å². The highest BCUT2D eigenvalue weighted by molar-refractivity contribution is 7.99. The van der Waals surface area contributed by atoms with E-state index in [9.17, 15) is 4.79 Å². The molecule has 1 heterocycles. The fourth-order valence-corrected chi connectivity index (χ4v) is 4.30. The van der Waals surface area contributed by atoms with Crippen molar-refractivity contribution in [2.24, 2.45) is 0 Å². The molecule has 0 fully saturated rings. The van der Waals surface area contributed by atoms with E-state index in [-0.39, 0.29) is 11.9 Å². The predicted octanol–water partition coefficient (Wildman–Crippen LogP) is 4.94. The number of rotatable bonds is 4. The van der Waals surface area contributed by atoms with E-state index in [4.69, 9.17) is 4.52 Å². The van der Waals surface area contributed by atoms with Gasteiger partial charge in [-0.2, -0.15) is 0 Å². The Morgan fingerprint density at radius 1 is 1.15 bits per heavy atom. The smallest absolute Gasteiger partial charge is 0.291 e. The molecule has 5 heteroatoms. The van der Waals surface area contributed by atoms with Gasteiger partial charge in [0.2, 0.25) is 5.76 Å². The normalized spacial score (nSPS) is 16.1. The molecule has 26 heavy (non-hydrogen) atoms. The van der Waals surface area contributed by atoms with Crippen molar-refractivity contribution in [3.05, 3.63) is 77.2 Å². The standard InChI is InChI=1S/C21H20N2O2S/c1-14-20(26-16-10-3-2-4-11-16)19(25-23-14)21(24)22-18-13-7-9-15-8-5-6-12-17(15)18/h2-6,8,10-12,18H,7,9,13H2,1H3,(H,22,24). The number of nitrogens with zero attached hydrogens (tertiary/aromatic N) is 1. The average Bonchev–Trinajstić information content (AvgIpc) is 3.03. The van der Waals surface area contributed by atoms with Crippen LogP contribution in [0, 0.1) is 6.92 Å². The van der Waals surface area contributed by atoms with Gasteiger partial charge in [0.15, 0.2) is 0 Å². The van der Waals surface area contributed by atoms with E-state index in [1.165, 1.54) is 22.9 Å². The molecule has 1 amide bonds. The topological polar surface area (TPSA) is 55.1 Å². The minimum Gasteiger partial charge on any atom is -0.350 e. The molecule has 0 saturated carbocycles. The van der Waals surface area contributed by atoms with Crippen LogP contribution in [0.4, 0.5) is 0 Å². The number of carbonyl (C=O) groups is 1. The number of aromatic nitrogens is 1. The molecule has 0 spiro atoms. The van der Waals surface area contributed by atoms with Gasteiger partial charge in [0.1, 0.15) is 0 Å². The van der Waals surface area contributed by atoms with E-state index in [2.05, 4.69) is 28.7 Å². The van der Waals surface area contributed by atoms with Gasteiger partial charge in [-0.25, -0.2) is 0 Å². The molecule has 4 rings (SSSR count). The van der Waals surface area contributed by atoms with Crippen molar-refractivity contribution in [1.82, 2.24) is 10.5 Å². The van der Waals surface area contributed by atoms with Crippen LogP contribution < -0.4 is 5.32 Å².